The zero-order valence-corrected chi connectivity index (χ0v) is 24.1. The van der Waals surface area contributed by atoms with E-state index in [0.29, 0.717) is 23.3 Å². The Morgan fingerprint density at radius 2 is 1.56 bits per heavy atom. The van der Waals surface area contributed by atoms with Gasteiger partial charge in [0.2, 0.25) is 11.8 Å². The molecule has 7 nitrogen and oxygen atoms in total. The first-order valence-electron chi connectivity index (χ1n) is 13.0. The number of benzene rings is 3. The van der Waals surface area contributed by atoms with Crippen molar-refractivity contribution in [2.45, 2.75) is 43.8 Å². The molecule has 0 aliphatic heterocycles. The molecule has 3 aromatic carbocycles. The van der Waals surface area contributed by atoms with Gasteiger partial charge in [-0.05, 0) is 55.7 Å². The van der Waals surface area contributed by atoms with E-state index < -0.39 is 51.9 Å². The molecule has 1 atom stereocenters. The second kappa shape index (κ2) is 13.9. The van der Waals surface area contributed by atoms with Crippen LogP contribution in [0.4, 0.5) is 18.9 Å². The number of hydrogen-bond acceptors (Lipinski definition) is 4. The fourth-order valence-electron chi connectivity index (χ4n) is 4.30. The van der Waals surface area contributed by atoms with E-state index in [-0.39, 0.29) is 22.9 Å². The van der Waals surface area contributed by atoms with Crippen molar-refractivity contribution in [3.05, 3.63) is 95.0 Å². The summed E-state index contributed by atoms with van der Waals surface area (Å²) in [4.78, 5) is 27.9. The number of carbonyl (C=O) groups is 2. The molecule has 0 unspecified atom stereocenters. The summed E-state index contributed by atoms with van der Waals surface area (Å²) in [7, 11) is -4.56. The number of likely N-dealkylation sites (N-methyl/N-ethyl adjacent to an activating group) is 1. The molecular formula is C29H31ClF3N3O4S. The fourth-order valence-corrected chi connectivity index (χ4v) is 6.02. The average Bonchev–Trinajstić information content (AvgIpc) is 2.94. The summed E-state index contributed by atoms with van der Waals surface area (Å²) < 4.78 is 69.0. The largest absolute Gasteiger partial charge is 0.416 e. The molecule has 12 heteroatoms. The van der Waals surface area contributed by atoms with Crippen molar-refractivity contribution in [3.63, 3.8) is 0 Å². The average molecular weight is 610 g/mol. The smallest absolute Gasteiger partial charge is 0.355 e. The van der Waals surface area contributed by atoms with Gasteiger partial charge in [0.25, 0.3) is 10.0 Å². The van der Waals surface area contributed by atoms with Crippen LogP contribution in [0.25, 0.3) is 0 Å². The molecule has 3 rings (SSSR count). The molecule has 220 valence electrons. The van der Waals surface area contributed by atoms with Crippen molar-refractivity contribution < 1.29 is 31.2 Å². The molecule has 0 radical (unpaired) electrons. The quantitative estimate of drug-likeness (QED) is 0.292. The second-order valence-electron chi connectivity index (χ2n) is 9.13. The fraction of sp³-hybridized carbons (Fsp3) is 0.310. The van der Waals surface area contributed by atoms with Gasteiger partial charge >= 0.3 is 6.18 Å². The predicted molar refractivity (Wildman–Crippen MR) is 152 cm³/mol. The lowest BCUT2D eigenvalue weighted by atomic mass is 10.1. The third kappa shape index (κ3) is 8.01. The van der Waals surface area contributed by atoms with Crippen LogP contribution in [0.1, 0.15) is 31.4 Å². The maximum Gasteiger partial charge on any atom is 0.416 e. The third-order valence-corrected chi connectivity index (χ3v) is 8.47. The minimum absolute atomic E-state index is 0.0635. The van der Waals surface area contributed by atoms with E-state index in [4.69, 9.17) is 11.6 Å². The third-order valence-electron chi connectivity index (χ3n) is 6.37. The topological polar surface area (TPSA) is 86.8 Å². The number of nitrogens with zero attached hydrogens (tertiary/aromatic N) is 2. The number of carbonyl (C=O) groups excluding carboxylic acids is 2. The first-order valence-corrected chi connectivity index (χ1v) is 14.8. The highest BCUT2D eigenvalue weighted by Gasteiger charge is 2.36. The zero-order chi connectivity index (χ0) is 30.2. The highest BCUT2D eigenvalue weighted by molar-refractivity contribution is 7.92. The lowest BCUT2D eigenvalue weighted by Gasteiger charge is -2.33. The summed E-state index contributed by atoms with van der Waals surface area (Å²) in [6.45, 7) is 2.93. The van der Waals surface area contributed by atoms with Crippen LogP contribution in [-0.4, -0.2) is 50.8 Å². The molecule has 0 heterocycles. The Morgan fingerprint density at radius 3 is 2.12 bits per heavy atom. The van der Waals surface area contributed by atoms with Gasteiger partial charge in [0.15, 0.2) is 0 Å². The minimum Gasteiger partial charge on any atom is -0.355 e. The second-order valence-corrected chi connectivity index (χ2v) is 11.4. The van der Waals surface area contributed by atoms with Crippen LogP contribution in [0.3, 0.4) is 0 Å². The Hall–Kier alpha value is -3.57. The number of halogens is 4. The van der Waals surface area contributed by atoms with Crippen LogP contribution in [0.5, 0.6) is 0 Å². The van der Waals surface area contributed by atoms with Crippen molar-refractivity contribution in [1.29, 1.82) is 0 Å². The van der Waals surface area contributed by atoms with E-state index in [1.165, 1.54) is 29.2 Å². The monoisotopic (exact) mass is 609 g/mol. The molecule has 0 spiro atoms. The standard InChI is InChI=1S/C29H31ClF3N3O4S/c1-3-25(28(38)34-4-2)35(18-17-21-11-7-5-8-12-21)27(37)20-36(41(39,40)23-13-9-6-10-14-23)26-19-22(29(31,32)33)15-16-24(26)30/h5-16,19,25H,3-4,17-18,20H2,1-2H3,(H,34,38)/t25-/m1/s1. The van der Waals surface area contributed by atoms with Gasteiger partial charge in [-0.3, -0.25) is 13.9 Å². The van der Waals surface area contributed by atoms with Crippen LogP contribution in [0.15, 0.2) is 83.8 Å². The molecule has 0 saturated carbocycles. The number of anilines is 1. The molecule has 0 aromatic heterocycles. The summed E-state index contributed by atoms with van der Waals surface area (Å²) in [5.41, 5.74) is -0.759. The number of sulfonamides is 1. The number of rotatable bonds is 12. The van der Waals surface area contributed by atoms with E-state index in [2.05, 4.69) is 5.32 Å². The molecule has 0 fully saturated rings. The molecule has 1 N–H and O–H groups in total. The Bertz CT molecular complexity index is 1440. The van der Waals surface area contributed by atoms with Gasteiger partial charge in [-0.1, -0.05) is 67.1 Å². The molecule has 0 bridgehead atoms. The first kappa shape index (κ1) is 32.0. The Morgan fingerprint density at radius 1 is 0.951 bits per heavy atom. The highest BCUT2D eigenvalue weighted by atomic mass is 35.5. The van der Waals surface area contributed by atoms with Crippen molar-refractivity contribution in [2.24, 2.45) is 0 Å². The van der Waals surface area contributed by atoms with Crippen molar-refractivity contribution >= 4 is 39.1 Å². The van der Waals surface area contributed by atoms with Crippen LogP contribution in [0, 0.1) is 0 Å². The van der Waals surface area contributed by atoms with Gasteiger partial charge in [0, 0.05) is 13.1 Å². The Balaban J connectivity index is 2.10. The van der Waals surface area contributed by atoms with E-state index in [9.17, 15) is 31.2 Å². The lowest BCUT2D eigenvalue weighted by Crippen LogP contribution is -2.53. The number of nitrogens with one attached hydrogen (secondary N) is 1. The molecule has 2 amide bonds. The van der Waals surface area contributed by atoms with Crippen molar-refractivity contribution in [2.75, 3.05) is 23.9 Å². The maximum absolute atomic E-state index is 13.9. The van der Waals surface area contributed by atoms with E-state index >= 15 is 0 Å². The van der Waals surface area contributed by atoms with Gasteiger partial charge < -0.3 is 10.2 Å². The van der Waals surface area contributed by atoms with Gasteiger partial charge in [-0.15, -0.1) is 0 Å². The van der Waals surface area contributed by atoms with Gasteiger partial charge in [-0.2, -0.15) is 13.2 Å². The predicted octanol–water partition coefficient (Wildman–Crippen LogP) is 5.54. The molecule has 0 saturated heterocycles. The molecular weight excluding hydrogens is 579 g/mol. The van der Waals surface area contributed by atoms with Crippen LogP contribution < -0.4 is 9.62 Å². The van der Waals surface area contributed by atoms with Gasteiger partial charge in [0.05, 0.1) is 21.2 Å². The normalized spacial score (nSPS) is 12.4. The van der Waals surface area contributed by atoms with Gasteiger partial charge in [0.1, 0.15) is 12.6 Å². The van der Waals surface area contributed by atoms with E-state index in [1.54, 1.807) is 19.9 Å². The highest BCUT2D eigenvalue weighted by Crippen LogP contribution is 2.37. The molecule has 0 aliphatic rings. The lowest BCUT2D eigenvalue weighted by molar-refractivity contribution is -0.139. The van der Waals surface area contributed by atoms with Crippen molar-refractivity contribution in [3.8, 4) is 0 Å². The van der Waals surface area contributed by atoms with Crippen LogP contribution >= 0.6 is 11.6 Å². The van der Waals surface area contributed by atoms with Crippen molar-refractivity contribution in [1.82, 2.24) is 10.2 Å². The Kier molecular flexibility index (Phi) is 10.8. The van der Waals surface area contributed by atoms with E-state index in [1.807, 2.05) is 30.3 Å². The zero-order valence-electron chi connectivity index (χ0n) is 22.6. The summed E-state index contributed by atoms with van der Waals surface area (Å²) in [5.74, 6) is -1.20. The first-order chi connectivity index (χ1) is 19.4. The van der Waals surface area contributed by atoms with E-state index in [0.717, 1.165) is 17.7 Å². The number of hydrogen-bond donors (Lipinski definition) is 1. The molecule has 41 heavy (non-hydrogen) atoms. The minimum atomic E-state index is -4.79. The maximum atomic E-state index is 13.9. The molecule has 3 aromatic rings. The summed E-state index contributed by atoms with van der Waals surface area (Å²) in [5, 5.41) is 2.40. The number of amides is 2. The van der Waals surface area contributed by atoms with Crippen LogP contribution in [-0.2, 0) is 32.2 Å². The SMILES string of the molecule is CCNC(=O)[C@@H](CC)N(CCc1ccccc1)C(=O)CN(c1cc(C(F)(F)F)ccc1Cl)S(=O)(=O)c1ccccc1. The Labute approximate surface area is 243 Å². The summed E-state index contributed by atoms with van der Waals surface area (Å²) in [6, 6.07) is 17.5. The summed E-state index contributed by atoms with van der Waals surface area (Å²) >= 11 is 6.26. The van der Waals surface area contributed by atoms with Crippen LogP contribution in [0.2, 0.25) is 5.02 Å². The summed E-state index contributed by atoms with van der Waals surface area (Å²) in [6.07, 6.45) is -4.21. The number of alkyl halides is 3. The van der Waals surface area contributed by atoms with Gasteiger partial charge in [-0.25, -0.2) is 8.42 Å². The molecule has 0 aliphatic carbocycles.